The standard InChI is InChI=1S/C24H36N2O2S/c1-22-9-6-17(27)14-16(22)4-5-18-19(22)7-10-23(2)20(18)8-11-24(23,28)15-29-21-25-12-13-26(21)3/h12-14,17-20,27-28H,4-11,15H2,1-3H3/t17-,18+,19+,20-,22-,23-,24+/m0/s1. The molecule has 1 heterocycles. The second kappa shape index (κ2) is 6.86. The molecule has 0 unspecified atom stereocenters. The first kappa shape index (κ1) is 20.1. The summed E-state index contributed by atoms with van der Waals surface area (Å²) in [5, 5.41) is 23.0. The van der Waals surface area contributed by atoms with Crippen LogP contribution in [-0.4, -0.2) is 37.2 Å². The van der Waals surface area contributed by atoms with Crippen molar-refractivity contribution >= 4 is 11.8 Å². The molecule has 0 saturated heterocycles. The molecule has 0 aliphatic heterocycles. The number of hydrogen-bond donors (Lipinski definition) is 2. The summed E-state index contributed by atoms with van der Waals surface area (Å²) in [4.78, 5) is 4.45. The number of aliphatic hydroxyl groups excluding tert-OH is 1. The van der Waals surface area contributed by atoms with E-state index in [-0.39, 0.29) is 16.9 Å². The molecule has 4 aliphatic rings. The van der Waals surface area contributed by atoms with Gasteiger partial charge in [-0.05, 0) is 74.5 Å². The van der Waals surface area contributed by atoms with E-state index in [0.29, 0.717) is 5.92 Å². The zero-order chi connectivity index (χ0) is 20.4. The summed E-state index contributed by atoms with van der Waals surface area (Å²) in [6.45, 7) is 4.86. The molecule has 29 heavy (non-hydrogen) atoms. The quantitative estimate of drug-likeness (QED) is 0.560. The minimum absolute atomic E-state index is 0.0120. The number of allylic oxidation sites excluding steroid dienone is 1. The highest BCUT2D eigenvalue weighted by Crippen LogP contribution is 2.68. The van der Waals surface area contributed by atoms with Gasteiger partial charge in [0, 0.05) is 30.6 Å². The Kier molecular flexibility index (Phi) is 4.77. The van der Waals surface area contributed by atoms with Crippen LogP contribution in [0, 0.1) is 28.6 Å². The summed E-state index contributed by atoms with van der Waals surface area (Å²) in [6, 6.07) is 0. The number of hydrogen-bond acceptors (Lipinski definition) is 4. The van der Waals surface area contributed by atoms with E-state index < -0.39 is 5.60 Å². The van der Waals surface area contributed by atoms with Gasteiger partial charge in [0.1, 0.15) is 0 Å². The van der Waals surface area contributed by atoms with Crippen molar-refractivity contribution in [1.29, 1.82) is 0 Å². The van der Waals surface area contributed by atoms with Crippen LogP contribution in [0.25, 0.3) is 0 Å². The maximum absolute atomic E-state index is 11.9. The molecule has 1 aromatic rings. The highest BCUT2D eigenvalue weighted by molar-refractivity contribution is 7.99. The molecular weight excluding hydrogens is 380 g/mol. The van der Waals surface area contributed by atoms with Crippen molar-refractivity contribution in [3.8, 4) is 0 Å². The smallest absolute Gasteiger partial charge is 0.167 e. The van der Waals surface area contributed by atoms with E-state index in [4.69, 9.17) is 0 Å². The molecule has 5 rings (SSSR count). The summed E-state index contributed by atoms with van der Waals surface area (Å²) in [6.07, 6.45) is 14.6. The lowest BCUT2D eigenvalue weighted by molar-refractivity contribution is -0.116. The summed E-state index contributed by atoms with van der Waals surface area (Å²) < 4.78 is 2.05. The Morgan fingerprint density at radius 1 is 1.14 bits per heavy atom. The van der Waals surface area contributed by atoms with Crippen molar-refractivity contribution in [3.05, 3.63) is 24.0 Å². The Labute approximate surface area is 179 Å². The molecule has 5 heteroatoms. The number of fused-ring (bicyclic) bond motifs is 5. The topological polar surface area (TPSA) is 58.3 Å². The molecule has 0 aromatic carbocycles. The van der Waals surface area contributed by atoms with Crippen LogP contribution in [0.2, 0.25) is 0 Å². The maximum Gasteiger partial charge on any atom is 0.167 e. The fraction of sp³-hybridized carbons (Fsp3) is 0.792. The molecule has 0 bridgehead atoms. The van der Waals surface area contributed by atoms with Crippen molar-refractivity contribution in [2.75, 3.05) is 5.75 Å². The summed E-state index contributed by atoms with van der Waals surface area (Å²) >= 11 is 1.72. The predicted octanol–water partition coefficient (Wildman–Crippen LogP) is 4.57. The molecule has 0 spiro atoms. The van der Waals surface area contributed by atoms with E-state index in [9.17, 15) is 10.2 Å². The lowest BCUT2D eigenvalue weighted by Gasteiger charge is -2.59. The number of nitrogens with zero attached hydrogens (tertiary/aromatic N) is 2. The highest BCUT2D eigenvalue weighted by atomic mass is 32.2. The molecule has 0 radical (unpaired) electrons. The van der Waals surface area contributed by atoms with Gasteiger partial charge in [0.05, 0.1) is 11.7 Å². The van der Waals surface area contributed by atoms with Crippen LogP contribution in [0.1, 0.15) is 65.2 Å². The van der Waals surface area contributed by atoms with E-state index in [1.54, 1.807) is 11.8 Å². The molecule has 4 aliphatic carbocycles. The van der Waals surface area contributed by atoms with Crippen LogP contribution in [0.15, 0.2) is 29.2 Å². The van der Waals surface area contributed by atoms with E-state index >= 15 is 0 Å². The lowest BCUT2D eigenvalue weighted by Crippen LogP contribution is -2.55. The molecule has 1 aromatic heterocycles. The van der Waals surface area contributed by atoms with E-state index in [1.807, 2.05) is 24.0 Å². The maximum atomic E-state index is 11.9. The summed E-state index contributed by atoms with van der Waals surface area (Å²) in [5.41, 5.74) is 1.21. The normalized spacial score (nSPS) is 46.6. The summed E-state index contributed by atoms with van der Waals surface area (Å²) in [7, 11) is 2.03. The van der Waals surface area contributed by atoms with Crippen molar-refractivity contribution < 1.29 is 10.2 Å². The van der Waals surface area contributed by atoms with Gasteiger partial charge in [-0.15, -0.1) is 0 Å². The van der Waals surface area contributed by atoms with Gasteiger partial charge < -0.3 is 14.8 Å². The van der Waals surface area contributed by atoms with Crippen molar-refractivity contribution in [2.45, 2.75) is 82.1 Å². The lowest BCUT2D eigenvalue weighted by atomic mass is 9.46. The van der Waals surface area contributed by atoms with Crippen LogP contribution in [-0.2, 0) is 7.05 Å². The van der Waals surface area contributed by atoms with Gasteiger partial charge in [0.2, 0.25) is 0 Å². The zero-order valence-electron chi connectivity index (χ0n) is 18.1. The molecule has 160 valence electrons. The van der Waals surface area contributed by atoms with Crippen LogP contribution >= 0.6 is 11.8 Å². The van der Waals surface area contributed by atoms with Crippen molar-refractivity contribution in [3.63, 3.8) is 0 Å². The molecule has 3 saturated carbocycles. The first-order chi connectivity index (χ1) is 13.8. The van der Waals surface area contributed by atoms with Crippen molar-refractivity contribution in [1.82, 2.24) is 9.55 Å². The van der Waals surface area contributed by atoms with Gasteiger partial charge in [-0.1, -0.05) is 37.3 Å². The van der Waals surface area contributed by atoms with Gasteiger partial charge in [0.25, 0.3) is 0 Å². The van der Waals surface area contributed by atoms with Crippen LogP contribution in [0.5, 0.6) is 0 Å². The molecular formula is C24H36N2O2S. The first-order valence-corrected chi connectivity index (χ1v) is 12.5. The summed E-state index contributed by atoms with van der Waals surface area (Å²) in [5.74, 6) is 2.81. The second-order valence-corrected chi connectivity index (χ2v) is 11.7. The Balaban J connectivity index is 1.38. The van der Waals surface area contributed by atoms with E-state index in [2.05, 4.69) is 24.9 Å². The Bertz CT molecular complexity index is 822. The first-order valence-electron chi connectivity index (χ1n) is 11.5. The van der Waals surface area contributed by atoms with Gasteiger partial charge >= 0.3 is 0 Å². The minimum Gasteiger partial charge on any atom is -0.389 e. The third-order valence-electron chi connectivity index (χ3n) is 9.63. The average Bonchev–Trinajstić information content (AvgIpc) is 3.22. The molecule has 4 nitrogen and oxygen atoms in total. The van der Waals surface area contributed by atoms with Crippen molar-refractivity contribution in [2.24, 2.45) is 35.6 Å². The van der Waals surface area contributed by atoms with Gasteiger partial charge in [-0.2, -0.15) is 0 Å². The Hall–Kier alpha value is -0.780. The number of imidazole rings is 1. The molecule has 0 amide bonds. The molecule has 2 N–H and O–H groups in total. The molecule has 3 fully saturated rings. The average molecular weight is 417 g/mol. The Morgan fingerprint density at radius 2 is 1.93 bits per heavy atom. The third kappa shape index (κ3) is 2.90. The third-order valence-corrected chi connectivity index (χ3v) is 10.9. The van der Waals surface area contributed by atoms with Crippen LogP contribution in [0.4, 0.5) is 0 Å². The van der Waals surface area contributed by atoms with E-state index in [1.165, 1.54) is 18.4 Å². The molecule has 7 atom stereocenters. The minimum atomic E-state index is -0.598. The predicted molar refractivity (Wildman–Crippen MR) is 117 cm³/mol. The number of aryl methyl sites for hydroxylation is 1. The number of thioether (sulfide) groups is 1. The van der Waals surface area contributed by atoms with Gasteiger partial charge in [0.15, 0.2) is 5.16 Å². The van der Waals surface area contributed by atoms with Crippen LogP contribution in [0.3, 0.4) is 0 Å². The zero-order valence-corrected chi connectivity index (χ0v) is 18.9. The monoisotopic (exact) mass is 416 g/mol. The van der Waals surface area contributed by atoms with Gasteiger partial charge in [-0.3, -0.25) is 0 Å². The highest BCUT2D eigenvalue weighted by Gasteiger charge is 2.63. The number of rotatable bonds is 3. The second-order valence-electron chi connectivity index (χ2n) is 10.8. The number of aromatic nitrogens is 2. The van der Waals surface area contributed by atoms with Gasteiger partial charge in [-0.25, -0.2) is 4.98 Å². The number of aliphatic hydroxyl groups is 2. The fourth-order valence-electron chi connectivity index (χ4n) is 7.73. The Morgan fingerprint density at radius 3 is 2.69 bits per heavy atom. The van der Waals surface area contributed by atoms with E-state index in [0.717, 1.165) is 61.3 Å². The van der Waals surface area contributed by atoms with Crippen LogP contribution < -0.4 is 0 Å². The largest absolute Gasteiger partial charge is 0.389 e. The fourth-order valence-corrected chi connectivity index (χ4v) is 8.97. The SMILES string of the molecule is Cn1ccnc1SC[C@]1(O)CC[C@H]2[C@@H]3CCC4=C[C@@H](O)CC[C@]4(C)[C@@H]3CC[C@@]21C.